The number of hydrogen-bond acceptors (Lipinski definition) is 6. The standard InChI is InChI=1S/C21H19ClN2O5/c1-4-27-21(26)18-12(3)24-11(2)17(18)19(25)14(10-23)7-13-8-15(22)20-16(9-13)28-5-6-29-20/h7-9,24H,4-6H2,1-3H3/b14-7+. The van der Waals surface area contributed by atoms with Crippen molar-refractivity contribution in [2.24, 2.45) is 0 Å². The number of nitrogens with zero attached hydrogens (tertiary/aromatic N) is 1. The van der Waals surface area contributed by atoms with E-state index in [-0.39, 0.29) is 23.3 Å². The molecule has 1 aromatic heterocycles. The lowest BCUT2D eigenvalue weighted by Gasteiger charge is -2.19. The van der Waals surface area contributed by atoms with Crippen LogP contribution in [0, 0.1) is 25.2 Å². The van der Waals surface area contributed by atoms with Crippen LogP contribution in [-0.4, -0.2) is 36.6 Å². The second-order valence-corrected chi connectivity index (χ2v) is 6.78. The van der Waals surface area contributed by atoms with Crippen molar-refractivity contribution in [2.45, 2.75) is 20.8 Å². The van der Waals surface area contributed by atoms with Crippen LogP contribution in [0.2, 0.25) is 5.02 Å². The maximum absolute atomic E-state index is 13.1. The van der Waals surface area contributed by atoms with Crippen LogP contribution in [0.4, 0.5) is 0 Å². The zero-order chi connectivity index (χ0) is 21.1. The third-order valence-electron chi connectivity index (χ3n) is 4.38. The highest BCUT2D eigenvalue weighted by molar-refractivity contribution is 6.32. The Labute approximate surface area is 172 Å². The Morgan fingerprint density at radius 1 is 1.24 bits per heavy atom. The maximum atomic E-state index is 13.1. The van der Waals surface area contributed by atoms with Gasteiger partial charge in [-0.25, -0.2) is 4.79 Å². The third-order valence-corrected chi connectivity index (χ3v) is 4.66. The van der Waals surface area contributed by atoms with Gasteiger partial charge >= 0.3 is 5.97 Å². The zero-order valence-electron chi connectivity index (χ0n) is 16.2. The van der Waals surface area contributed by atoms with Crippen molar-refractivity contribution in [3.8, 4) is 17.6 Å². The average Bonchev–Trinajstić information content (AvgIpc) is 2.99. The van der Waals surface area contributed by atoms with E-state index in [1.165, 1.54) is 6.08 Å². The Bertz CT molecular complexity index is 1060. The molecule has 0 bridgehead atoms. The predicted octanol–water partition coefficient (Wildman–Crippen LogP) is 4.02. The number of carbonyl (C=O) groups excluding carboxylic acids is 2. The van der Waals surface area contributed by atoms with Gasteiger partial charge in [-0.3, -0.25) is 4.79 Å². The fraction of sp³-hybridized carbons (Fsp3) is 0.286. The first-order chi connectivity index (χ1) is 13.9. The summed E-state index contributed by atoms with van der Waals surface area (Å²) in [6, 6.07) is 5.14. The van der Waals surface area contributed by atoms with Crippen LogP contribution in [0.15, 0.2) is 17.7 Å². The topological polar surface area (TPSA) is 101 Å². The molecule has 0 unspecified atom stereocenters. The van der Waals surface area contributed by atoms with E-state index < -0.39 is 11.8 Å². The van der Waals surface area contributed by atoms with Crippen molar-refractivity contribution in [1.82, 2.24) is 4.98 Å². The van der Waals surface area contributed by atoms with Crippen LogP contribution in [-0.2, 0) is 4.74 Å². The Kier molecular flexibility index (Phi) is 5.95. The number of ketones is 1. The first-order valence-corrected chi connectivity index (χ1v) is 9.37. The monoisotopic (exact) mass is 414 g/mol. The van der Waals surface area contributed by atoms with Crippen LogP contribution < -0.4 is 9.47 Å². The van der Waals surface area contributed by atoms with E-state index in [2.05, 4.69) is 4.98 Å². The minimum Gasteiger partial charge on any atom is -0.486 e. The summed E-state index contributed by atoms with van der Waals surface area (Å²) < 4.78 is 16.1. The first-order valence-electron chi connectivity index (χ1n) is 8.99. The van der Waals surface area contributed by atoms with E-state index >= 15 is 0 Å². The Morgan fingerprint density at radius 3 is 2.62 bits per heavy atom. The highest BCUT2D eigenvalue weighted by Gasteiger charge is 2.27. The smallest absolute Gasteiger partial charge is 0.340 e. The van der Waals surface area contributed by atoms with E-state index in [0.717, 1.165) is 0 Å². The normalized spacial score (nSPS) is 13.0. The highest BCUT2D eigenvalue weighted by atomic mass is 35.5. The molecular weight excluding hydrogens is 396 g/mol. The summed E-state index contributed by atoms with van der Waals surface area (Å²) in [7, 11) is 0. The number of nitriles is 1. The molecule has 0 saturated heterocycles. The van der Waals surface area contributed by atoms with Gasteiger partial charge in [-0.05, 0) is 44.5 Å². The van der Waals surface area contributed by atoms with Gasteiger partial charge in [0, 0.05) is 11.4 Å². The number of benzene rings is 1. The number of aromatic amines is 1. The number of allylic oxidation sites excluding steroid dienone is 1. The van der Waals surface area contributed by atoms with Gasteiger partial charge in [0.2, 0.25) is 5.78 Å². The van der Waals surface area contributed by atoms with Gasteiger partial charge in [0.15, 0.2) is 11.5 Å². The van der Waals surface area contributed by atoms with Crippen molar-refractivity contribution in [3.05, 3.63) is 50.8 Å². The van der Waals surface area contributed by atoms with Crippen LogP contribution in [0.3, 0.4) is 0 Å². The summed E-state index contributed by atoms with van der Waals surface area (Å²) in [5, 5.41) is 9.92. The molecule has 0 aliphatic carbocycles. The number of rotatable bonds is 5. The average molecular weight is 415 g/mol. The number of aromatic nitrogens is 1. The molecule has 0 radical (unpaired) electrons. The number of aryl methyl sites for hydroxylation is 2. The second-order valence-electron chi connectivity index (χ2n) is 6.37. The lowest BCUT2D eigenvalue weighted by Crippen LogP contribution is -2.15. The quantitative estimate of drug-likeness (QED) is 0.343. The van der Waals surface area contributed by atoms with Gasteiger partial charge in [-0.2, -0.15) is 5.26 Å². The van der Waals surface area contributed by atoms with Gasteiger partial charge in [-0.15, -0.1) is 0 Å². The summed E-state index contributed by atoms with van der Waals surface area (Å²) in [6.07, 6.45) is 1.41. The van der Waals surface area contributed by atoms with Crippen molar-refractivity contribution >= 4 is 29.4 Å². The molecule has 0 saturated carbocycles. The minimum atomic E-state index is -0.614. The van der Waals surface area contributed by atoms with E-state index in [1.807, 2.05) is 6.07 Å². The van der Waals surface area contributed by atoms with Crippen molar-refractivity contribution in [1.29, 1.82) is 5.26 Å². The molecule has 0 fully saturated rings. The van der Waals surface area contributed by atoms with E-state index in [4.69, 9.17) is 25.8 Å². The number of fused-ring (bicyclic) bond motifs is 1. The number of ether oxygens (including phenoxy) is 3. The Morgan fingerprint density at radius 2 is 1.93 bits per heavy atom. The first kappa shape index (κ1) is 20.5. The van der Waals surface area contributed by atoms with Crippen LogP contribution >= 0.6 is 11.6 Å². The molecule has 0 amide bonds. The van der Waals surface area contributed by atoms with Gasteiger partial charge < -0.3 is 19.2 Å². The number of esters is 1. The van der Waals surface area contributed by atoms with Crippen molar-refractivity contribution < 1.29 is 23.8 Å². The SMILES string of the molecule is CCOC(=O)c1c(C)[nH]c(C)c1C(=O)/C(C#N)=C/c1cc(Cl)c2c(c1)OCCO2. The van der Waals surface area contributed by atoms with Crippen LogP contribution in [0.5, 0.6) is 11.5 Å². The molecular formula is C21H19ClN2O5. The maximum Gasteiger partial charge on any atom is 0.340 e. The molecule has 1 aromatic carbocycles. The van der Waals surface area contributed by atoms with Gasteiger partial charge in [0.1, 0.15) is 24.9 Å². The molecule has 8 heteroatoms. The molecule has 0 atom stereocenters. The third kappa shape index (κ3) is 3.98. The van der Waals surface area contributed by atoms with Gasteiger partial charge in [0.25, 0.3) is 0 Å². The molecule has 150 valence electrons. The van der Waals surface area contributed by atoms with Crippen molar-refractivity contribution in [3.63, 3.8) is 0 Å². The van der Waals surface area contributed by atoms with Gasteiger partial charge in [0.05, 0.1) is 22.8 Å². The molecule has 7 nitrogen and oxygen atoms in total. The molecule has 1 aliphatic rings. The lowest BCUT2D eigenvalue weighted by molar-refractivity contribution is 0.0523. The molecule has 1 aliphatic heterocycles. The summed E-state index contributed by atoms with van der Waals surface area (Å²) in [6.45, 7) is 5.97. The molecule has 1 N–H and O–H groups in total. The Balaban J connectivity index is 2.04. The highest BCUT2D eigenvalue weighted by Crippen LogP contribution is 2.39. The summed E-state index contributed by atoms with van der Waals surface area (Å²) in [5.41, 5.74) is 1.60. The number of hydrogen-bond donors (Lipinski definition) is 1. The van der Waals surface area contributed by atoms with Crippen LogP contribution in [0.1, 0.15) is 44.6 Å². The molecule has 0 spiro atoms. The number of H-pyrrole nitrogens is 1. The van der Waals surface area contributed by atoms with E-state index in [0.29, 0.717) is 46.7 Å². The molecule has 29 heavy (non-hydrogen) atoms. The van der Waals surface area contributed by atoms with E-state index in [9.17, 15) is 14.9 Å². The molecule has 2 aromatic rings. The lowest BCUT2D eigenvalue weighted by atomic mass is 9.98. The van der Waals surface area contributed by atoms with E-state index in [1.54, 1.807) is 32.9 Å². The second kappa shape index (κ2) is 8.41. The minimum absolute atomic E-state index is 0.123. The zero-order valence-corrected chi connectivity index (χ0v) is 17.0. The summed E-state index contributed by atoms with van der Waals surface area (Å²) in [4.78, 5) is 28.4. The number of nitrogens with one attached hydrogen (secondary N) is 1. The molecule has 2 heterocycles. The fourth-order valence-electron chi connectivity index (χ4n) is 3.19. The van der Waals surface area contributed by atoms with Crippen molar-refractivity contribution in [2.75, 3.05) is 19.8 Å². The fourth-order valence-corrected chi connectivity index (χ4v) is 3.46. The number of halogens is 1. The molecule has 3 rings (SSSR count). The van der Waals surface area contributed by atoms with Crippen LogP contribution in [0.25, 0.3) is 6.08 Å². The van der Waals surface area contributed by atoms with Gasteiger partial charge in [-0.1, -0.05) is 11.6 Å². The predicted molar refractivity (Wildman–Crippen MR) is 107 cm³/mol. The Hall–Kier alpha value is -3.24. The number of carbonyl (C=O) groups is 2. The summed E-state index contributed by atoms with van der Waals surface area (Å²) in [5.74, 6) is -0.317. The largest absolute Gasteiger partial charge is 0.486 e. The number of Topliss-reactive ketones (excluding diaryl/α,β-unsaturated/α-hetero) is 1. The summed E-state index contributed by atoms with van der Waals surface area (Å²) >= 11 is 6.23.